The first-order valence-corrected chi connectivity index (χ1v) is 6.40. The Morgan fingerprint density at radius 1 is 0.769 bits per heavy atom. The second-order valence-electron chi connectivity index (χ2n) is 3.32. The minimum absolute atomic E-state index is 0.882. The van der Waals surface area contributed by atoms with Crippen molar-refractivity contribution in [3.05, 3.63) is 23.0 Å². The van der Waals surface area contributed by atoms with Crippen molar-refractivity contribution in [3.63, 3.8) is 0 Å². The van der Waals surface area contributed by atoms with Gasteiger partial charge in [-0.05, 0) is 25.7 Å². The van der Waals surface area contributed by atoms with Gasteiger partial charge in [0.25, 0.3) is 0 Å². The van der Waals surface area contributed by atoms with E-state index < -0.39 is 9.84 Å². The molecule has 0 fully saturated rings. The molecule has 1 aliphatic rings. The summed E-state index contributed by atoms with van der Waals surface area (Å²) in [5.41, 5.74) is 0. The van der Waals surface area contributed by atoms with Crippen molar-refractivity contribution < 1.29 is 8.42 Å². The van der Waals surface area contributed by atoms with E-state index in [1.54, 1.807) is 12.2 Å². The van der Waals surface area contributed by atoms with Crippen LogP contribution in [0.5, 0.6) is 0 Å². The molecule has 2 nitrogen and oxygen atoms in total. The molecule has 1 rings (SSSR count). The largest absolute Gasteiger partial charge is 0.220 e. The van der Waals surface area contributed by atoms with Gasteiger partial charge in [-0.25, -0.2) is 8.42 Å². The fraction of sp³-hybridized carbons (Fsp3) is 0.600. The topological polar surface area (TPSA) is 34.1 Å². The van der Waals surface area contributed by atoms with Crippen LogP contribution in [0.1, 0.15) is 38.5 Å². The maximum absolute atomic E-state index is 11.2. The van der Waals surface area contributed by atoms with Crippen LogP contribution in [0.2, 0.25) is 0 Å². The van der Waals surface area contributed by atoms with Gasteiger partial charge in [-0.15, -0.1) is 0 Å². The highest BCUT2D eigenvalue weighted by Crippen LogP contribution is 2.09. The van der Waals surface area contributed by atoms with E-state index >= 15 is 0 Å². The molecule has 0 unspecified atom stereocenters. The van der Waals surface area contributed by atoms with Crippen molar-refractivity contribution in [2.75, 3.05) is 0 Å². The van der Waals surface area contributed by atoms with Crippen LogP contribution >= 0.6 is 0 Å². The van der Waals surface area contributed by atoms with E-state index in [2.05, 4.69) is 0 Å². The Bertz CT molecular complexity index is 262. The monoisotopic (exact) mass is 200 g/mol. The lowest BCUT2D eigenvalue weighted by Crippen LogP contribution is -1.87. The Labute approximate surface area is 80.3 Å². The van der Waals surface area contributed by atoms with Crippen LogP contribution in [0.25, 0.3) is 0 Å². The van der Waals surface area contributed by atoms with Crippen LogP contribution in [-0.2, 0) is 9.84 Å². The Morgan fingerprint density at radius 3 is 1.69 bits per heavy atom. The third-order valence-electron chi connectivity index (χ3n) is 2.06. The van der Waals surface area contributed by atoms with Gasteiger partial charge >= 0.3 is 0 Å². The van der Waals surface area contributed by atoms with E-state index in [4.69, 9.17) is 0 Å². The molecule has 0 N–H and O–H groups in total. The lowest BCUT2D eigenvalue weighted by atomic mass is 10.1. The summed E-state index contributed by atoms with van der Waals surface area (Å²) >= 11 is 0. The van der Waals surface area contributed by atoms with Crippen LogP contribution in [0.3, 0.4) is 0 Å². The molecule has 0 atom stereocenters. The fourth-order valence-corrected chi connectivity index (χ4v) is 2.23. The Morgan fingerprint density at radius 2 is 1.23 bits per heavy atom. The number of hydrogen-bond donors (Lipinski definition) is 0. The van der Waals surface area contributed by atoms with E-state index in [0.717, 1.165) is 25.7 Å². The van der Waals surface area contributed by atoms with Gasteiger partial charge in [0, 0.05) is 10.8 Å². The highest BCUT2D eigenvalue weighted by atomic mass is 32.2. The summed E-state index contributed by atoms with van der Waals surface area (Å²) in [6, 6.07) is 0. The van der Waals surface area contributed by atoms with Gasteiger partial charge in [0.05, 0.1) is 0 Å². The molecular formula is C10H16O2S. The van der Waals surface area contributed by atoms with Crippen molar-refractivity contribution in [1.29, 1.82) is 0 Å². The standard InChI is InChI=1S/C10H16O2S/c11-13(12)9-7-5-3-1-2-4-6-8-10-13/h7-10H,1-6H2. The maximum atomic E-state index is 11.2. The Kier molecular flexibility index (Phi) is 4.22. The van der Waals surface area contributed by atoms with Crippen LogP contribution in [0.15, 0.2) is 23.0 Å². The minimum atomic E-state index is -3.06. The first kappa shape index (κ1) is 10.5. The quantitative estimate of drug-likeness (QED) is 0.602. The lowest BCUT2D eigenvalue weighted by molar-refractivity contribution is 0.612. The molecule has 1 heterocycles. The molecule has 0 radical (unpaired) electrons. The van der Waals surface area contributed by atoms with Gasteiger partial charge in [-0.2, -0.15) is 0 Å². The first-order chi connectivity index (χ1) is 6.21. The van der Waals surface area contributed by atoms with E-state index in [9.17, 15) is 8.42 Å². The molecular weight excluding hydrogens is 184 g/mol. The predicted molar refractivity (Wildman–Crippen MR) is 54.9 cm³/mol. The molecule has 0 bridgehead atoms. The summed E-state index contributed by atoms with van der Waals surface area (Å²) in [6.07, 6.45) is 9.89. The molecule has 0 aromatic heterocycles. The number of sulfone groups is 1. The molecule has 1 aliphatic heterocycles. The van der Waals surface area contributed by atoms with Gasteiger partial charge in [0.15, 0.2) is 9.84 Å². The van der Waals surface area contributed by atoms with Gasteiger partial charge in [0.1, 0.15) is 0 Å². The normalized spacial score (nSPS) is 23.7. The van der Waals surface area contributed by atoms with E-state index in [0.29, 0.717) is 0 Å². The van der Waals surface area contributed by atoms with Crippen molar-refractivity contribution in [1.82, 2.24) is 0 Å². The van der Waals surface area contributed by atoms with Crippen molar-refractivity contribution in [2.24, 2.45) is 0 Å². The third-order valence-corrected chi connectivity index (χ3v) is 3.21. The number of rotatable bonds is 0. The van der Waals surface area contributed by atoms with E-state index in [-0.39, 0.29) is 0 Å². The average Bonchev–Trinajstić information content (AvgIpc) is 2.10. The molecule has 0 amide bonds. The van der Waals surface area contributed by atoms with Gasteiger partial charge in [-0.1, -0.05) is 25.0 Å². The molecule has 13 heavy (non-hydrogen) atoms. The maximum Gasteiger partial charge on any atom is 0.192 e. The Balaban J connectivity index is 2.63. The number of allylic oxidation sites excluding steroid dienone is 2. The third kappa shape index (κ3) is 4.88. The zero-order chi connectivity index (χ0) is 9.57. The first-order valence-electron chi connectivity index (χ1n) is 4.79. The lowest BCUT2D eigenvalue weighted by Gasteiger charge is -1.94. The van der Waals surface area contributed by atoms with Gasteiger partial charge < -0.3 is 0 Å². The second kappa shape index (κ2) is 5.22. The SMILES string of the molecule is O=S1(=O)C=CCCCCCCC=C1. The van der Waals surface area contributed by atoms with Gasteiger partial charge in [-0.3, -0.25) is 0 Å². The summed E-state index contributed by atoms with van der Waals surface area (Å²) in [7, 11) is -3.06. The fourth-order valence-electron chi connectivity index (χ4n) is 1.33. The smallest absolute Gasteiger partial charge is 0.192 e. The molecule has 0 aromatic carbocycles. The summed E-state index contributed by atoms with van der Waals surface area (Å²) in [5.74, 6) is 0. The van der Waals surface area contributed by atoms with Gasteiger partial charge in [0.2, 0.25) is 0 Å². The molecule has 0 aliphatic carbocycles. The summed E-state index contributed by atoms with van der Waals surface area (Å²) in [6.45, 7) is 0. The van der Waals surface area contributed by atoms with E-state index in [1.165, 1.54) is 23.7 Å². The predicted octanol–water partition coefficient (Wildman–Crippen LogP) is 2.78. The van der Waals surface area contributed by atoms with Crippen molar-refractivity contribution in [3.8, 4) is 0 Å². The highest BCUT2D eigenvalue weighted by molar-refractivity contribution is 7.97. The van der Waals surface area contributed by atoms with Crippen molar-refractivity contribution in [2.45, 2.75) is 38.5 Å². The zero-order valence-electron chi connectivity index (χ0n) is 7.78. The molecule has 3 heteroatoms. The average molecular weight is 200 g/mol. The molecule has 0 spiro atoms. The van der Waals surface area contributed by atoms with Crippen LogP contribution in [0.4, 0.5) is 0 Å². The second-order valence-corrected chi connectivity index (χ2v) is 5.05. The molecule has 0 aromatic rings. The summed E-state index contributed by atoms with van der Waals surface area (Å²) < 4.78 is 22.5. The highest BCUT2D eigenvalue weighted by Gasteiger charge is 1.99. The zero-order valence-corrected chi connectivity index (χ0v) is 8.59. The van der Waals surface area contributed by atoms with Crippen LogP contribution in [-0.4, -0.2) is 8.42 Å². The molecule has 0 saturated carbocycles. The minimum Gasteiger partial charge on any atom is -0.220 e. The molecule has 0 saturated heterocycles. The summed E-state index contributed by atoms with van der Waals surface area (Å²) in [5, 5.41) is 2.63. The van der Waals surface area contributed by atoms with Crippen molar-refractivity contribution >= 4 is 9.84 Å². The van der Waals surface area contributed by atoms with E-state index in [1.807, 2.05) is 0 Å². The van der Waals surface area contributed by atoms with Crippen LogP contribution < -0.4 is 0 Å². The van der Waals surface area contributed by atoms with Crippen LogP contribution in [0, 0.1) is 0 Å². The Hall–Kier alpha value is -0.570. The molecule has 74 valence electrons. The number of hydrogen-bond acceptors (Lipinski definition) is 2. The summed E-state index contributed by atoms with van der Waals surface area (Å²) in [4.78, 5) is 0.